The second-order valence-electron chi connectivity index (χ2n) is 5.52. The molecule has 1 aliphatic heterocycles. The Hall–Kier alpha value is -1.16. The Bertz CT molecular complexity index is 477. The van der Waals surface area contributed by atoms with Crippen LogP contribution >= 0.6 is 0 Å². The van der Waals surface area contributed by atoms with Crippen LogP contribution in [0, 0.1) is 17.6 Å². The van der Waals surface area contributed by atoms with Crippen LogP contribution in [0.25, 0.3) is 0 Å². The number of hydrogen-bond donors (Lipinski definition) is 1. The monoisotopic (exact) mass is 267 g/mol. The van der Waals surface area contributed by atoms with Crippen LogP contribution in [0.5, 0.6) is 5.75 Å². The number of rotatable bonds is 2. The van der Waals surface area contributed by atoms with Gasteiger partial charge >= 0.3 is 0 Å². The average molecular weight is 267 g/mol. The highest BCUT2D eigenvalue weighted by Crippen LogP contribution is 2.46. The molecule has 4 heteroatoms. The lowest BCUT2D eigenvalue weighted by atomic mass is 9.72. The third-order valence-electron chi connectivity index (χ3n) is 4.38. The van der Waals surface area contributed by atoms with Gasteiger partial charge in [-0.25, -0.2) is 8.78 Å². The normalized spacial score (nSPS) is 29.3. The quantitative estimate of drug-likeness (QED) is 0.888. The van der Waals surface area contributed by atoms with Crippen molar-refractivity contribution in [2.24, 2.45) is 5.92 Å². The second-order valence-corrected chi connectivity index (χ2v) is 5.52. The van der Waals surface area contributed by atoms with Crippen molar-refractivity contribution in [2.75, 3.05) is 13.2 Å². The summed E-state index contributed by atoms with van der Waals surface area (Å²) in [7, 11) is 0. The van der Waals surface area contributed by atoms with E-state index in [-0.39, 0.29) is 17.5 Å². The molecule has 1 fully saturated rings. The van der Waals surface area contributed by atoms with Crippen LogP contribution in [-0.2, 0) is 0 Å². The Morgan fingerprint density at radius 3 is 2.84 bits per heavy atom. The van der Waals surface area contributed by atoms with Gasteiger partial charge in [-0.15, -0.1) is 0 Å². The van der Waals surface area contributed by atoms with Gasteiger partial charge in [0.15, 0.2) is 11.6 Å². The Balaban J connectivity index is 1.88. The summed E-state index contributed by atoms with van der Waals surface area (Å²) in [4.78, 5) is 0. The summed E-state index contributed by atoms with van der Waals surface area (Å²) in [5.74, 6) is -0.226. The fourth-order valence-electron chi connectivity index (χ4n) is 3.53. The lowest BCUT2D eigenvalue weighted by Crippen LogP contribution is -2.40. The molecule has 3 rings (SSSR count). The van der Waals surface area contributed by atoms with Crippen LogP contribution < -0.4 is 10.1 Å². The molecule has 0 saturated heterocycles. The fourth-order valence-corrected chi connectivity index (χ4v) is 3.53. The number of fused-ring (bicyclic) bond motifs is 3. The molecule has 1 aliphatic carbocycles. The lowest BCUT2D eigenvalue weighted by molar-refractivity contribution is 0.131. The minimum atomic E-state index is -0.441. The summed E-state index contributed by atoms with van der Waals surface area (Å²) in [6, 6.07) is 2.85. The number of halogens is 2. The minimum absolute atomic E-state index is 0.106. The molecule has 2 unspecified atom stereocenters. The molecule has 1 saturated carbocycles. The standard InChI is InChI=1S/C15H19F2NO/c1-2-18-10-3-4-11-9(7-10)8-19-15-13(17)6-5-12(16)14(11)15/h5-6,9-11,18H,2-4,7-8H2,1H3/t9?,10-,11?/m1/s1. The molecule has 1 aromatic carbocycles. The molecule has 0 amide bonds. The molecule has 0 radical (unpaired) electrons. The van der Waals surface area contributed by atoms with Crippen molar-refractivity contribution in [1.82, 2.24) is 5.32 Å². The highest BCUT2D eigenvalue weighted by molar-refractivity contribution is 5.41. The number of hydrogen-bond acceptors (Lipinski definition) is 2. The molecule has 104 valence electrons. The van der Waals surface area contributed by atoms with Gasteiger partial charge in [0.25, 0.3) is 0 Å². The summed E-state index contributed by atoms with van der Waals surface area (Å²) < 4.78 is 33.2. The third kappa shape index (κ3) is 2.22. The topological polar surface area (TPSA) is 21.3 Å². The molecule has 2 aliphatic rings. The van der Waals surface area contributed by atoms with Crippen LogP contribution in [0.1, 0.15) is 37.7 Å². The molecule has 0 spiro atoms. The molecular weight excluding hydrogens is 248 g/mol. The molecule has 1 N–H and O–H groups in total. The van der Waals surface area contributed by atoms with E-state index in [0.717, 1.165) is 31.9 Å². The molecule has 0 aromatic heterocycles. The first-order valence-corrected chi connectivity index (χ1v) is 7.04. The zero-order chi connectivity index (χ0) is 13.4. The minimum Gasteiger partial charge on any atom is -0.490 e. The molecule has 1 heterocycles. The van der Waals surface area contributed by atoms with Crippen LogP contribution in [0.15, 0.2) is 12.1 Å². The Morgan fingerprint density at radius 1 is 1.26 bits per heavy atom. The van der Waals surface area contributed by atoms with Gasteiger partial charge in [0.05, 0.1) is 6.61 Å². The highest BCUT2D eigenvalue weighted by atomic mass is 19.1. The number of nitrogens with one attached hydrogen (secondary N) is 1. The van der Waals surface area contributed by atoms with E-state index in [1.165, 1.54) is 6.07 Å². The van der Waals surface area contributed by atoms with Crippen LogP contribution in [-0.4, -0.2) is 19.2 Å². The SMILES string of the molecule is CCN[C@@H]1CCC2c3c(F)ccc(F)c3OCC2C1. The predicted molar refractivity (Wildman–Crippen MR) is 69.4 cm³/mol. The van der Waals surface area contributed by atoms with Gasteiger partial charge in [-0.05, 0) is 43.9 Å². The summed E-state index contributed by atoms with van der Waals surface area (Å²) in [6.45, 7) is 3.54. The maximum Gasteiger partial charge on any atom is 0.165 e. The largest absolute Gasteiger partial charge is 0.490 e. The van der Waals surface area contributed by atoms with Crippen molar-refractivity contribution >= 4 is 0 Å². The van der Waals surface area contributed by atoms with E-state index in [4.69, 9.17) is 4.74 Å². The van der Waals surface area contributed by atoms with Crippen molar-refractivity contribution < 1.29 is 13.5 Å². The maximum atomic E-state index is 14.0. The van der Waals surface area contributed by atoms with E-state index < -0.39 is 5.82 Å². The van der Waals surface area contributed by atoms with E-state index in [9.17, 15) is 8.78 Å². The van der Waals surface area contributed by atoms with Gasteiger partial charge in [-0.2, -0.15) is 0 Å². The van der Waals surface area contributed by atoms with E-state index in [1.807, 2.05) is 0 Å². The smallest absolute Gasteiger partial charge is 0.165 e. The first kappa shape index (κ1) is 12.9. The molecule has 2 nitrogen and oxygen atoms in total. The number of ether oxygens (including phenoxy) is 1. The zero-order valence-corrected chi connectivity index (χ0v) is 11.1. The van der Waals surface area contributed by atoms with Gasteiger partial charge in [-0.3, -0.25) is 0 Å². The lowest BCUT2D eigenvalue weighted by Gasteiger charge is -2.40. The molecule has 1 aromatic rings. The van der Waals surface area contributed by atoms with E-state index >= 15 is 0 Å². The number of benzene rings is 1. The van der Waals surface area contributed by atoms with Crippen molar-refractivity contribution in [3.63, 3.8) is 0 Å². The predicted octanol–water partition coefficient (Wildman–Crippen LogP) is 3.22. The Labute approximate surface area is 112 Å². The second kappa shape index (κ2) is 5.08. The fraction of sp³-hybridized carbons (Fsp3) is 0.600. The highest BCUT2D eigenvalue weighted by Gasteiger charge is 2.39. The van der Waals surface area contributed by atoms with Gasteiger partial charge in [0, 0.05) is 17.5 Å². The van der Waals surface area contributed by atoms with E-state index in [1.54, 1.807) is 0 Å². The molecular formula is C15H19F2NO. The molecule has 3 atom stereocenters. The summed E-state index contributed by atoms with van der Waals surface area (Å²) in [5, 5.41) is 3.44. The van der Waals surface area contributed by atoms with Crippen molar-refractivity contribution in [3.8, 4) is 5.75 Å². The van der Waals surface area contributed by atoms with Gasteiger partial charge in [-0.1, -0.05) is 6.92 Å². The van der Waals surface area contributed by atoms with Crippen molar-refractivity contribution in [3.05, 3.63) is 29.3 Å². The van der Waals surface area contributed by atoms with Gasteiger partial charge in [0.1, 0.15) is 5.82 Å². The molecule has 19 heavy (non-hydrogen) atoms. The molecule has 0 bridgehead atoms. The Morgan fingerprint density at radius 2 is 2.05 bits per heavy atom. The Kier molecular flexibility index (Phi) is 3.44. The van der Waals surface area contributed by atoms with Crippen molar-refractivity contribution in [1.29, 1.82) is 0 Å². The zero-order valence-electron chi connectivity index (χ0n) is 11.1. The van der Waals surface area contributed by atoms with Crippen molar-refractivity contribution in [2.45, 2.75) is 38.1 Å². The summed E-state index contributed by atoms with van der Waals surface area (Å²) in [5.41, 5.74) is 0.464. The maximum absolute atomic E-state index is 14.0. The van der Waals surface area contributed by atoms with Gasteiger partial charge in [0.2, 0.25) is 0 Å². The van der Waals surface area contributed by atoms with E-state index in [2.05, 4.69) is 12.2 Å². The van der Waals surface area contributed by atoms with Gasteiger partial charge < -0.3 is 10.1 Å². The first-order chi connectivity index (χ1) is 9.20. The van der Waals surface area contributed by atoms with Crippen LogP contribution in [0.2, 0.25) is 0 Å². The first-order valence-electron chi connectivity index (χ1n) is 7.04. The van der Waals surface area contributed by atoms with Crippen LogP contribution in [0.3, 0.4) is 0 Å². The van der Waals surface area contributed by atoms with Crippen LogP contribution in [0.4, 0.5) is 8.78 Å². The summed E-state index contributed by atoms with van der Waals surface area (Å²) in [6.07, 6.45) is 2.90. The third-order valence-corrected chi connectivity index (χ3v) is 4.38. The summed E-state index contributed by atoms with van der Waals surface area (Å²) >= 11 is 0. The average Bonchev–Trinajstić information content (AvgIpc) is 2.42. The van der Waals surface area contributed by atoms with E-state index in [0.29, 0.717) is 24.1 Å².